The number of hydrogen-bond acceptors (Lipinski definition) is 3. The van der Waals surface area contributed by atoms with Crippen molar-refractivity contribution < 1.29 is 16.0 Å². The van der Waals surface area contributed by atoms with Crippen molar-refractivity contribution in [3.8, 4) is 22.3 Å². The van der Waals surface area contributed by atoms with Gasteiger partial charge in [0, 0.05) is 5.56 Å². The molecule has 0 amide bonds. The number of hydrogen-bond donors (Lipinski definition) is 1. The van der Waals surface area contributed by atoms with E-state index >= 15 is 0 Å². The maximum Gasteiger partial charge on any atom is 0.341 e. The van der Waals surface area contributed by atoms with Gasteiger partial charge >= 0.3 is 25.8 Å². The van der Waals surface area contributed by atoms with Crippen molar-refractivity contribution in [3.05, 3.63) is 81.9 Å². The van der Waals surface area contributed by atoms with Gasteiger partial charge in [-0.15, -0.1) is 0 Å². The van der Waals surface area contributed by atoms with Crippen LogP contribution in [0.3, 0.4) is 0 Å². The molecule has 0 heterocycles. The average Bonchev–Trinajstić information content (AvgIpc) is 2.62. The van der Waals surface area contributed by atoms with Gasteiger partial charge in [-0.1, -0.05) is 60.7 Å². The van der Waals surface area contributed by atoms with Gasteiger partial charge in [0.25, 0.3) is 0 Å². The number of aliphatic carboxylic acids is 1. The minimum Gasteiger partial charge on any atom is -0.481 e. The van der Waals surface area contributed by atoms with Crippen molar-refractivity contribution in [2.24, 2.45) is 0 Å². The second-order valence-corrected chi connectivity index (χ2v) is 7.84. The minimum absolute atomic E-state index is 0.164. The summed E-state index contributed by atoms with van der Waals surface area (Å²) in [4.78, 5) is 11.3. The fourth-order valence-corrected chi connectivity index (χ4v) is 4.64. The van der Waals surface area contributed by atoms with Gasteiger partial charge in [0.2, 0.25) is 0 Å². The summed E-state index contributed by atoms with van der Waals surface area (Å²) >= 11 is -3.90. The summed E-state index contributed by atoms with van der Waals surface area (Å²) in [6.07, 6.45) is -0.325. The van der Waals surface area contributed by atoms with Crippen LogP contribution in [0.2, 0.25) is 0 Å². The molecule has 0 unspecified atom stereocenters. The third-order valence-corrected chi connectivity index (χ3v) is 5.99. The first-order valence-corrected chi connectivity index (χ1v) is 10.4. The van der Waals surface area contributed by atoms with Crippen LogP contribution >= 0.6 is 19.8 Å². The highest BCUT2D eigenvalue weighted by molar-refractivity contribution is 14.2. The number of carboxylic acids is 1. The molecular formula is C20H15IO4. The number of carbonyl (C=O) groups is 1. The van der Waals surface area contributed by atoms with Crippen LogP contribution in [-0.4, -0.2) is 11.1 Å². The fraction of sp³-hybridized carbons (Fsp3) is 0.0500. The van der Waals surface area contributed by atoms with Crippen LogP contribution in [0.15, 0.2) is 72.8 Å². The Hall–Kier alpha value is -2.54. The molecule has 4 nitrogen and oxygen atoms in total. The van der Waals surface area contributed by atoms with Gasteiger partial charge in [-0.2, -0.15) is 0 Å². The second kappa shape index (κ2) is 7.57. The van der Waals surface area contributed by atoms with E-state index in [0.29, 0.717) is 11.1 Å². The molecule has 3 aromatic rings. The summed E-state index contributed by atoms with van der Waals surface area (Å²) in [5, 5.41) is 9.21. The standard InChI is InChI=1S/C20H15IO4/c22-19(23)13-17-11-16(14-7-3-1-4-8-14)12-18(20(17)21(24)25)15-9-5-2-6-10-15/h1-12H,13H2,(H,22,23). The van der Waals surface area contributed by atoms with E-state index in [1.807, 2.05) is 66.7 Å². The minimum atomic E-state index is -3.90. The van der Waals surface area contributed by atoms with Crippen molar-refractivity contribution in [1.82, 2.24) is 0 Å². The molecular weight excluding hydrogens is 431 g/mol. The summed E-state index contributed by atoms with van der Waals surface area (Å²) in [5.74, 6) is -1.05. The largest absolute Gasteiger partial charge is 0.481 e. The van der Waals surface area contributed by atoms with Crippen LogP contribution < -0.4 is 0 Å². The fourth-order valence-electron chi connectivity index (χ4n) is 2.78. The maximum absolute atomic E-state index is 12.0. The third kappa shape index (κ3) is 3.93. The van der Waals surface area contributed by atoms with Gasteiger partial charge in [0.1, 0.15) is 0 Å². The molecule has 0 aliphatic carbocycles. The summed E-state index contributed by atoms with van der Waals surface area (Å²) in [6, 6.07) is 22.2. The van der Waals surface area contributed by atoms with Gasteiger partial charge in [-0.25, -0.2) is 6.14 Å². The van der Waals surface area contributed by atoms with E-state index in [1.54, 1.807) is 6.07 Å². The molecule has 0 atom stereocenters. The lowest BCUT2D eigenvalue weighted by atomic mass is 9.95. The van der Waals surface area contributed by atoms with Crippen LogP contribution in [0.1, 0.15) is 5.56 Å². The number of carboxylic acid groups (broad SMARTS) is 1. The van der Waals surface area contributed by atoms with Crippen molar-refractivity contribution in [2.75, 3.05) is 0 Å². The predicted molar refractivity (Wildman–Crippen MR) is 103 cm³/mol. The first-order valence-electron chi connectivity index (χ1n) is 7.61. The molecule has 0 saturated carbocycles. The molecule has 126 valence electrons. The molecule has 0 bridgehead atoms. The van der Waals surface area contributed by atoms with E-state index in [0.717, 1.165) is 16.7 Å². The lowest BCUT2D eigenvalue weighted by Crippen LogP contribution is -2.04. The Morgan fingerprint density at radius 1 is 0.800 bits per heavy atom. The molecule has 0 fully saturated rings. The Morgan fingerprint density at radius 2 is 1.36 bits per heavy atom. The molecule has 3 aromatic carbocycles. The molecule has 0 radical (unpaired) electrons. The Labute approximate surface area is 152 Å². The van der Waals surface area contributed by atoms with Crippen LogP contribution in [0, 0.1) is 3.57 Å². The average molecular weight is 446 g/mol. The Morgan fingerprint density at radius 3 is 1.88 bits per heavy atom. The summed E-state index contributed by atoms with van der Waals surface area (Å²) in [6.45, 7) is 0. The van der Waals surface area contributed by atoms with Crippen LogP contribution in [0.4, 0.5) is 0 Å². The molecule has 0 saturated heterocycles. The van der Waals surface area contributed by atoms with Gasteiger partial charge < -0.3 is 5.11 Å². The SMILES string of the molecule is O=C(O)Cc1cc(-c2ccccc2)cc(-c2ccccc2)c1I(=O)=O. The predicted octanol–water partition coefficient (Wildman–Crippen LogP) is 5.01. The number of rotatable bonds is 5. The molecule has 0 aromatic heterocycles. The second-order valence-electron chi connectivity index (χ2n) is 5.52. The summed E-state index contributed by atoms with van der Waals surface area (Å²) in [7, 11) is 0. The van der Waals surface area contributed by atoms with E-state index in [9.17, 15) is 16.0 Å². The monoisotopic (exact) mass is 446 g/mol. The molecule has 0 spiro atoms. The molecule has 5 heteroatoms. The van der Waals surface area contributed by atoms with Crippen LogP contribution in [0.25, 0.3) is 22.3 Å². The lowest BCUT2D eigenvalue weighted by Gasteiger charge is -2.13. The van der Waals surface area contributed by atoms with Crippen molar-refractivity contribution >= 4 is 25.8 Å². The molecule has 0 aliphatic rings. The van der Waals surface area contributed by atoms with E-state index in [2.05, 4.69) is 0 Å². The normalized spacial score (nSPS) is 10.8. The zero-order chi connectivity index (χ0) is 17.8. The molecule has 0 aliphatic heterocycles. The van der Waals surface area contributed by atoms with Gasteiger partial charge in [0.05, 0.1) is 9.99 Å². The van der Waals surface area contributed by atoms with E-state index in [4.69, 9.17) is 0 Å². The molecule has 25 heavy (non-hydrogen) atoms. The van der Waals surface area contributed by atoms with Gasteiger partial charge in [-0.3, -0.25) is 4.79 Å². The van der Waals surface area contributed by atoms with Crippen molar-refractivity contribution in [2.45, 2.75) is 6.42 Å². The Bertz CT molecular complexity index is 969. The number of halogens is 1. The van der Waals surface area contributed by atoms with Crippen molar-refractivity contribution in [3.63, 3.8) is 0 Å². The topological polar surface area (TPSA) is 71.4 Å². The van der Waals surface area contributed by atoms with E-state index in [-0.39, 0.29) is 9.99 Å². The summed E-state index contributed by atoms with van der Waals surface area (Å²) < 4.78 is 24.1. The smallest absolute Gasteiger partial charge is 0.341 e. The molecule has 1 N–H and O–H groups in total. The highest BCUT2D eigenvalue weighted by Gasteiger charge is 2.19. The van der Waals surface area contributed by atoms with Crippen molar-refractivity contribution in [1.29, 1.82) is 0 Å². The first-order chi connectivity index (χ1) is 12.1. The Balaban J connectivity index is 2.32. The van der Waals surface area contributed by atoms with Crippen LogP contribution in [0.5, 0.6) is 0 Å². The van der Waals surface area contributed by atoms with Gasteiger partial charge in [-0.05, 0) is 34.4 Å². The third-order valence-electron chi connectivity index (χ3n) is 3.84. The van der Waals surface area contributed by atoms with E-state index in [1.165, 1.54) is 0 Å². The number of benzene rings is 3. The molecule has 3 rings (SSSR count). The zero-order valence-electron chi connectivity index (χ0n) is 13.2. The highest BCUT2D eigenvalue weighted by Crippen LogP contribution is 2.37. The Kier molecular flexibility index (Phi) is 5.23. The summed E-state index contributed by atoms with van der Waals surface area (Å²) in [5.41, 5.74) is 3.37. The quantitative estimate of drug-likeness (QED) is 0.560. The lowest BCUT2D eigenvalue weighted by molar-refractivity contribution is -0.136. The van der Waals surface area contributed by atoms with E-state index < -0.39 is 25.8 Å². The first kappa shape index (κ1) is 17.3. The zero-order valence-corrected chi connectivity index (χ0v) is 15.3. The van der Waals surface area contributed by atoms with Gasteiger partial charge in [0.15, 0.2) is 0 Å². The highest BCUT2D eigenvalue weighted by atomic mass is 127. The van der Waals surface area contributed by atoms with Crippen LogP contribution in [-0.2, 0) is 17.4 Å². The maximum atomic E-state index is 12.0.